The maximum absolute atomic E-state index is 6.34. The third-order valence-corrected chi connectivity index (χ3v) is 3.38. The van der Waals surface area contributed by atoms with E-state index in [9.17, 15) is 0 Å². The zero-order chi connectivity index (χ0) is 14.7. The van der Waals surface area contributed by atoms with Gasteiger partial charge in [0.05, 0.1) is 17.1 Å². The highest BCUT2D eigenvalue weighted by molar-refractivity contribution is 5.25. The van der Waals surface area contributed by atoms with Gasteiger partial charge in [0.15, 0.2) is 0 Å². The first-order chi connectivity index (χ1) is 9.51. The Morgan fingerprint density at radius 2 is 2.05 bits per heavy atom. The molecule has 2 aromatic heterocycles. The van der Waals surface area contributed by atoms with Crippen LogP contribution in [0, 0.1) is 6.92 Å². The minimum Gasteiger partial charge on any atom is -0.324 e. The monoisotopic (exact) mass is 273 g/mol. The van der Waals surface area contributed by atoms with Crippen molar-refractivity contribution in [2.24, 2.45) is 5.73 Å². The van der Waals surface area contributed by atoms with Crippen LogP contribution in [0.25, 0.3) is 0 Å². The fraction of sp³-hybridized carbons (Fsp3) is 0.533. The average Bonchev–Trinajstić information content (AvgIpc) is 2.87. The Morgan fingerprint density at radius 3 is 2.65 bits per heavy atom. The molecule has 0 aliphatic heterocycles. The van der Waals surface area contributed by atoms with Crippen molar-refractivity contribution in [2.75, 3.05) is 0 Å². The summed E-state index contributed by atoms with van der Waals surface area (Å²) in [6, 6.07) is 4.36. The van der Waals surface area contributed by atoms with Crippen LogP contribution in [0.15, 0.2) is 18.3 Å². The van der Waals surface area contributed by atoms with Crippen molar-refractivity contribution in [1.29, 1.82) is 0 Å². The smallest absolute Gasteiger partial charge is 0.0676 e. The van der Waals surface area contributed by atoms with Crippen molar-refractivity contribution in [3.05, 3.63) is 41.0 Å². The van der Waals surface area contributed by atoms with Crippen molar-refractivity contribution in [2.45, 2.75) is 52.6 Å². The van der Waals surface area contributed by atoms with Crippen LogP contribution in [0.1, 0.15) is 55.5 Å². The molecule has 0 aliphatic rings. The molecule has 20 heavy (non-hydrogen) atoms. The Morgan fingerprint density at radius 1 is 1.30 bits per heavy atom. The molecule has 2 rings (SSSR count). The Bertz CT molecular complexity index is 573. The summed E-state index contributed by atoms with van der Waals surface area (Å²) in [7, 11) is 0. The van der Waals surface area contributed by atoms with E-state index in [1.165, 1.54) is 0 Å². The highest BCUT2D eigenvalue weighted by Crippen LogP contribution is 2.19. The summed E-state index contributed by atoms with van der Waals surface area (Å²) in [4.78, 5) is 0. The first-order valence-corrected chi connectivity index (χ1v) is 7.14. The molecule has 5 heteroatoms. The van der Waals surface area contributed by atoms with Crippen LogP contribution in [0.4, 0.5) is 0 Å². The Labute approximate surface area is 120 Å². The summed E-state index contributed by atoms with van der Waals surface area (Å²) in [5, 5.41) is 12.9. The van der Waals surface area contributed by atoms with Crippen LogP contribution in [0.3, 0.4) is 0 Å². The van der Waals surface area contributed by atoms with Crippen LogP contribution in [0.5, 0.6) is 0 Å². The van der Waals surface area contributed by atoms with E-state index in [2.05, 4.69) is 36.1 Å². The molecular formula is C15H23N5. The molecular weight excluding hydrogens is 250 g/mol. The number of aryl methyl sites for hydroxylation is 2. The Kier molecular flexibility index (Phi) is 4.49. The third kappa shape index (κ3) is 3.22. The van der Waals surface area contributed by atoms with Crippen LogP contribution in [0.2, 0.25) is 0 Å². The van der Waals surface area contributed by atoms with Gasteiger partial charge < -0.3 is 5.73 Å². The minimum atomic E-state index is -0.0883. The van der Waals surface area contributed by atoms with Crippen molar-refractivity contribution < 1.29 is 0 Å². The maximum atomic E-state index is 6.34. The molecule has 0 saturated heterocycles. The van der Waals surface area contributed by atoms with E-state index in [0.29, 0.717) is 6.04 Å². The van der Waals surface area contributed by atoms with E-state index in [-0.39, 0.29) is 6.04 Å². The van der Waals surface area contributed by atoms with Gasteiger partial charge in [-0.3, -0.25) is 4.68 Å². The molecule has 0 saturated carbocycles. The summed E-state index contributed by atoms with van der Waals surface area (Å²) < 4.78 is 1.96. The molecule has 0 radical (unpaired) electrons. The van der Waals surface area contributed by atoms with Gasteiger partial charge in [-0.15, -0.1) is 0 Å². The lowest BCUT2D eigenvalue weighted by Crippen LogP contribution is -2.17. The summed E-state index contributed by atoms with van der Waals surface area (Å²) in [6.07, 6.45) is 3.57. The largest absolute Gasteiger partial charge is 0.324 e. The van der Waals surface area contributed by atoms with Gasteiger partial charge in [-0.25, -0.2) is 0 Å². The first kappa shape index (κ1) is 14.7. The van der Waals surface area contributed by atoms with E-state index >= 15 is 0 Å². The van der Waals surface area contributed by atoms with Crippen LogP contribution < -0.4 is 5.73 Å². The zero-order valence-corrected chi connectivity index (χ0v) is 12.7. The summed E-state index contributed by atoms with van der Waals surface area (Å²) in [5.74, 6) is 0. The summed E-state index contributed by atoms with van der Waals surface area (Å²) in [6.45, 7) is 8.24. The predicted molar refractivity (Wildman–Crippen MR) is 79.4 cm³/mol. The van der Waals surface area contributed by atoms with E-state index in [0.717, 1.165) is 35.5 Å². The summed E-state index contributed by atoms with van der Waals surface area (Å²) >= 11 is 0. The van der Waals surface area contributed by atoms with Gasteiger partial charge in [-0.1, -0.05) is 6.92 Å². The van der Waals surface area contributed by atoms with Crippen molar-refractivity contribution >= 4 is 0 Å². The van der Waals surface area contributed by atoms with Gasteiger partial charge in [0, 0.05) is 24.7 Å². The van der Waals surface area contributed by atoms with E-state index in [1.54, 1.807) is 0 Å². The second-order valence-corrected chi connectivity index (χ2v) is 5.43. The minimum absolute atomic E-state index is 0.0883. The fourth-order valence-electron chi connectivity index (χ4n) is 2.24. The number of aromatic nitrogens is 4. The second-order valence-electron chi connectivity index (χ2n) is 5.43. The Balaban J connectivity index is 2.18. The molecule has 2 heterocycles. The molecule has 5 nitrogen and oxygen atoms in total. The Hall–Kier alpha value is -1.75. The lowest BCUT2D eigenvalue weighted by atomic mass is 10.00. The number of rotatable bonds is 5. The topological polar surface area (TPSA) is 69.6 Å². The summed E-state index contributed by atoms with van der Waals surface area (Å²) in [5.41, 5.74) is 10.3. The van der Waals surface area contributed by atoms with E-state index in [4.69, 9.17) is 5.73 Å². The molecule has 2 N–H and O–H groups in total. The SMILES string of the molecule is CCc1nnc(C)cc1C(N)Cc1ccn(C(C)C)n1. The predicted octanol–water partition coefficient (Wildman–Crippen LogP) is 2.37. The van der Waals surface area contributed by atoms with Gasteiger partial charge in [0.2, 0.25) is 0 Å². The molecule has 1 atom stereocenters. The molecule has 0 aromatic carbocycles. The molecule has 0 spiro atoms. The number of hydrogen-bond donors (Lipinski definition) is 1. The average molecular weight is 273 g/mol. The molecule has 0 fully saturated rings. The van der Waals surface area contributed by atoms with Crippen molar-refractivity contribution in [1.82, 2.24) is 20.0 Å². The van der Waals surface area contributed by atoms with E-state index < -0.39 is 0 Å². The number of nitrogens with two attached hydrogens (primary N) is 1. The van der Waals surface area contributed by atoms with Crippen LogP contribution >= 0.6 is 0 Å². The van der Waals surface area contributed by atoms with Crippen LogP contribution in [-0.2, 0) is 12.8 Å². The highest BCUT2D eigenvalue weighted by atomic mass is 15.3. The van der Waals surface area contributed by atoms with Gasteiger partial charge in [0.1, 0.15) is 0 Å². The van der Waals surface area contributed by atoms with Crippen LogP contribution in [-0.4, -0.2) is 20.0 Å². The molecule has 2 aromatic rings. The number of hydrogen-bond acceptors (Lipinski definition) is 4. The van der Waals surface area contributed by atoms with Gasteiger partial charge in [-0.2, -0.15) is 15.3 Å². The lowest BCUT2D eigenvalue weighted by molar-refractivity contribution is 0.522. The normalized spacial score (nSPS) is 12.9. The van der Waals surface area contributed by atoms with Crippen molar-refractivity contribution in [3.8, 4) is 0 Å². The van der Waals surface area contributed by atoms with Gasteiger partial charge in [0.25, 0.3) is 0 Å². The maximum Gasteiger partial charge on any atom is 0.0676 e. The third-order valence-electron chi connectivity index (χ3n) is 3.38. The molecule has 1 unspecified atom stereocenters. The van der Waals surface area contributed by atoms with Gasteiger partial charge in [-0.05, 0) is 44.9 Å². The first-order valence-electron chi connectivity index (χ1n) is 7.14. The second kappa shape index (κ2) is 6.13. The highest BCUT2D eigenvalue weighted by Gasteiger charge is 2.15. The molecule has 0 amide bonds. The zero-order valence-electron chi connectivity index (χ0n) is 12.7. The molecule has 108 valence electrons. The van der Waals surface area contributed by atoms with Crippen molar-refractivity contribution in [3.63, 3.8) is 0 Å². The fourth-order valence-corrected chi connectivity index (χ4v) is 2.24. The number of nitrogens with zero attached hydrogens (tertiary/aromatic N) is 4. The quantitative estimate of drug-likeness (QED) is 0.908. The lowest BCUT2D eigenvalue weighted by Gasteiger charge is -2.14. The molecule has 0 bridgehead atoms. The van der Waals surface area contributed by atoms with E-state index in [1.807, 2.05) is 29.9 Å². The molecule has 0 aliphatic carbocycles. The standard InChI is InChI=1S/C15H23N5/c1-5-15-13(8-11(4)17-18-15)14(16)9-12-6-7-20(19-12)10(2)3/h6-8,10,14H,5,9,16H2,1-4H3. The van der Waals surface area contributed by atoms with Gasteiger partial charge >= 0.3 is 0 Å².